The van der Waals surface area contributed by atoms with E-state index in [1.54, 1.807) is 6.20 Å². The summed E-state index contributed by atoms with van der Waals surface area (Å²) in [7, 11) is 0. The van der Waals surface area contributed by atoms with Crippen LogP contribution in [-0.4, -0.2) is 29.3 Å². The third-order valence-corrected chi connectivity index (χ3v) is 2.34. The molecule has 0 fully saturated rings. The minimum atomic E-state index is 0.143. The second kappa shape index (κ2) is 7.25. The predicted octanol–water partition coefficient (Wildman–Crippen LogP) is 1.59. The first-order chi connectivity index (χ1) is 8.11. The molecule has 1 rings (SSSR count). The Balaban J connectivity index is 2.39. The van der Waals surface area contributed by atoms with Crippen LogP contribution in [0.4, 0.5) is 0 Å². The highest BCUT2D eigenvalue weighted by Crippen LogP contribution is 2.10. The number of nitrogens with zero attached hydrogens (tertiary/aromatic N) is 1. The van der Waals surface area contributed by atoms with Crippen LogP contribution < -0.4 is 10.1 Å². The molecule has 0 spiro atoms. The van der Waals surface area contributed by atoms with Crippen molar-refractivity contribution in [3.63, 3.8) is 0 Å². The summed E-state index contributed by atoms with van der Waals surface area (Å²) in [6.07, 6.45) is 1.72. The van der Waals surface area contributed by atoms with E-state index >= 15 is 0 Å². The van der Waals surface area contributed by atoms with Crippen LogP contribution >= 0.6 is 0 Å². The van der Waals surface area contributed by atoms with E-state index in [4.69, 9.17) is 9.84 Å². The first kappa shape index (κ1) is 13.9. The van der Waals surface area contributed by atoms with Crippen molar-refractivity contribution in [3.8, 4) is 5.75 Å². The zero-order valence-corrected chi connectivity index (χ0v) is 10.8. The van der Waals surface area contributed by atoms with Crippen molar-refractivity contribution in [1.82, 2.24) is 10.3 Å². The zero-order valence-electron chi connectivity index (χ0n) is 10.8. The number of hydrogen-bond acceptors (Lipinski definition) is 4. The monoisotopic (exact) mass is 238 g/mol. The maximum absolute atomic E-state index is 8.87. The fourth-order valence-electron chi connectivity index (χ4n) is 1.20. The smallest absolute Gasteiger partial charge is 0.137 e. The summed E-state index contributed by atoms with van der Waals surface area (Å²) in [6.45, 7) is 7.58. The van der Waals surface area contributed by atoms with Gasteiger partial charge in [0, 0.05) is 25.1 Å². The first-order valence-corrected chi connectivity index (χ1v) is 6.03. The quantitative estimate of drug-likeness (QED) is 0.757. The van der Waals surface area contributed by atoms with E-state index in [1.807, 2.05) is 19.1 Å². The van der Waals surface area contributed by atoms with E-state index in [1.165, 1.54) is 0 Å². The number of aliphatic hydroxyl groups is 1. The number of aromatic nitrogens is 1. The largest absolute Gasteiger partial charge is 0.492 e. The third-order valence-electron chi connectivity index (χ3n) is 2.34. The summed E-state index contributed by atoms with van der Waals surface area (Å²) in [6, 6.07) is 4.32. The van der Waals surface area contributed by atoms with Crippen molar-refractivity contribution in [2.45, 2.75) is 33.4 Å². The summed E-state index contributed by atoms with van der Waals surface area (Å²) in [5, 5.41) is 12.2. The van der Waals surface area contributed by atoms with Crippen LogP contribution in [0.1, 0.15) is 26.5 Å². The highest BCUT2D eigenvalue weighted by atomic mass is 16.5. The summed E-state index contributed by atoms with van der Waals surface area (Å²) >= 11 is 0. The van der Waals surface area contributed by atoms with Crippen LogP contribution in [-0.2, 0) is 6.54 Å². The lowest BCUT2D eigenvalue weighted by atomic mass is 10.2. The normalized spacial score (nSPS) is 12.8. The van der Waals surface area contributed by atoms with Gasteiger partial charge in [-0.15, -0.1) is 0 Å². The minimum Gasteiger partial charge on any atom is -0.492 e. The molecule has 0 amide bonds. The average Bonchev–Trinajstić information content (AvgIpc) is 2.34. The SMILES string of the molecule is CC(CO)COc1ccc(CNC(C)C)nc1. The summed E-state index contributed by atoms with van der Waals surface area (Å²) in [5.41, 5.74) is 1.00. The van der Waals surface area contributed by atoms with Gasteiger partial charge >= 0.3 is 0 Å². The van der Waals surface area contributed by atoms with E-state index in [0.29, 0.717) is 12.6 Å². The molecule has 2 N–H and O–H groups in total. The molecular formula is C13H22N2O2. The summed E-state index contributed by atoms with van der Waals surface area (Å²) in [5.74, 6) is 0.899. The maximum Gasteiger partial charge on any atom is 0.137 e. The van der Waals surface area contributed by atoms with Crippen LogP contribution in [0.5, 0.6) is 5.75 Å². The Morgan fingerprint density at radius 1 is 1.35 bits per heavy atom. The third kappa shape index (κ3) is 5.65. The lowest BCUT2D eigenvalue weighted by Crippen LogP contribution is -2.22. The van der Waals surface area contributed by atoms with Crippen LogP contribution in [0.25, 0.3) is 0 Å². The highest BCUT2D eigenvalue weighted by molar-refractivity contribution is 5.19. The van der Waals surface area contributed by atoms with Crippen molar-refractivity contribution in [1.29, 1.82) is 0 Å². The molecule has 4 heteroatoms. The molecule has 0 aliphatic carbocycles. The molecule has 1 aromatic heterocycles. The molecule has 0 saturated carbocycles. The van der Waals surface area contributed by atoms with Gasteiger partial charge in [-0.2, -0.15) is 0 Å². The highest BCUT2D eigenvalue weighted by Gasteiger charge is 2.02. The van der Waals surface area contributed by atoms with Crippen LogP contribution in [0.2, 0.25) is 0 Å². The second-order valence-electron chi connectivity index (χ2n) is 4.62. The maximum atomic E-state index is 8.87. The molecule has 17 heavy (non-hydrogen) atoms. The van der Waals surface area contributed by atoms with Crippen LogP contribution in [0.3, 0.4) is 0 Å². The molecule has 96 valence electrons. The Bertz CT molecular complexity index is 312. The molecule has 1 unspecified atom stereocenters. The zero-order chi connectivity index (χ0) is 12.7. The number of hydrogen-bond donors (Lipinski definition) is 2. The molecule has 0 aliphatic rings. The summed E-state index contributed by atoms with van der Waals surface area (Å²) in [4.78, 5) is 4.30. The minimum absolute atomic E-state index is 0.143. The predicted molar refractivity (Wildman–Crippen MR) is 68.0 cm³/mol. The molecule has 0 aliphatic heterocycles. The van der Waals surface area contributed by atoms with Gasteiger partial charge in [0.1, 0.15) is 5.75 Å². The van der Waals surface area contributed by atoms with E-state index in [2.05, 4.69) is 24.1 Å². The van der Waals surface area contributed by atoms with E-state index in [0.717, 1.165) is 18.0 Å². The summed E-state index contributed by atoms with van der Waals surface area (Å²) < 4.78 is 5.50. The van der Waals surface area contributed by atoms with Crippen molar-refractivity contribution >= 4 is 0 Å². The molecule has 0 saturated heterocycles. The van der Waals surface area contributed by atoms with Crippen molar-refractivity contribution in [3.05, 3.63) is 24.0 Å². The van der Waals surface area contributed by atoms with Gasteiger partial charge in [-0.25, -0.2) is 0 Å². The molecule has 1 heterocycles. The van der Waals surface area contributed by atoms with Crippen LogP contribution in [0, 0.1) is 5.92 Å². The Morgan fingerprint density at radius 3 is 2.65 bits per heavy atom. The van der Waals surface area contributed by atoms with Gasteiger partial charge in [-0.05, 0) is 12.1 Å². The number of pyridine rings is 1. The molecular weight excluding hydrogens is 216 g/mol. The Labute approximate surface area is 103 Å². The van der Waals surface area contributed by atoms with Crippen molar-refractivity contribution in [2.75, 3.05) is 13.2 Å². The molecule has 1 aromatic rings. The van der Waals surface area contributed by atoms with Gasteiger partial charge in [-0.1, -0.05) is 20.8 Å². The molecule has 4 nitrogen and oxygen atoms in total. The first-order valence-electron chi connectivity index (χ1n) is 6.03. The average molecular weight is 238 g/mol. The lowest BCUT2D eigenvalue weighted by Gasteiger charge is -2.11. The number of rotatable bonds is 7. The van der Waals surface area contributed by atoms with Gasteiger partial charge in [0.2, 0.25) is 0 Å². The van der Waals surface area contributed by atoms with Crippen molar-refractivity contribution in [2.24, 2.45) is 5.92 Å². The standard InChI is InChI=1S/C13H22N2O2/c1-10(2)14-6-12-4-5-13(7-15-12)17-9-11(3)8-16/h4-5,7,10-11,14,16H,6,8-9H2,1-3H3. The molecule has 0 bridgehead atoms. The number of aliphatic hydroxyl groups excluding tert-OH is 1. The Morgan fingerprint density at radius 2 is 2.12 bits per heavy atom. The molecule has 0 aromatic carbocycles. The van der Waals surface area contributed by atoms with Gasteiger partial charge in [0.05, 0.1) is 18.5 Å². The number of nitrogens with one attached hydrogen (secondary N) is 1. The number of ether oxygens (including phenoxy) is 1. The Hall–Kier alpha value is -1.13. The van der Waals surface area contributed by atoms with Gasteiger partial charge in [0.25, 0.3) is 0 Å². The van der Waals surface area contributed by atoms with Gasteiger partial charge < -0.3 is 15.2 Å². The fraction of sp³-hybridized carbons (Fsp3) is 0.615. The topological polar surface area (TPSA) is 54.4 Å². The molecule has 1 atom stereocenters. The van der Waals surface area contributed by atoms with Crippen molar-refractivity contribution < 1.29 is 9.84 Å². The fourth-order valence-corrected chi connectivity index (χ4v) is 1.20. The van der Waals surface area contributed by atoms with Gasteiger partial charge in [0.15, 0.2) is 0 Å². The van der Waals surface area contributed by atoms with E-state index in [9.17, 15) is 0 Å². The molecule has 0 radical (unpaired) electrons. The second-order valence-corrected chi connectivity index (χ2v) is 4.62. The van der Waals surface area contributed by atoms with Gasteiger partial charge in [-0.3, -0.25) is 4.98 Å². The van der Waals surface area contributed by atoms with Crippen LogP contribution in [0.15, 0.2) is 18.3 Å². The Kier molecular flexibility index (Phi) is 5.94. The van der Waals surface area contributed by atoms with E-state index in [-0.39, 0.29) is 12.5 Å². The van der Waals surface area contributed by atoms with E-state index < -0.39 is 0 Å². The lowest BCUT2D eigenvalue weighted by molar-refractivity contribution is 0.174.